The minimum absolute atomic E-state index is 0. The molecule has 0 saturated heterocycles. The Morgan fingerprint density at radius 1 is 0.347 bits per heavy atom. The Balaban J connectivity index is 0.000000710. The van der Waals surface area contributed by atoms with Crippen LogP contribution in [0.5, 0.6) is 0 Å². The zero-order valence-electron chi connectivity index (χ0n) is 72.9. The van der Waals surface area contributed by atoms with E-state index in [1.54, 1.807) is 107 Å². The third-order valence-electron chi connectivity index (χ3n) is 20.1. The van der Waals surface area contributed by atoms with Crippen molar-refractivity contribution in [3.05, 3.63) is 229 Å². The topological polar surface area (TPSA) is 331 Å². The Labute approximate surface area is 716 Å². The van der Waals surface area contributed by atoms with Gasteiger partial charge < -0.3 is 47.4 Å². The van der Waals surface area contributed by atoms with Crippen LogP contribution in [-0.4, -0.2) is 147 Å². The van der Waals surface area contributed by atoms with E-state index >= 15 is 0 Å². The van der Waals surface area contributed by atoms with Gasteiger partial charge in [0.2, 0.25) is 0 Å². The molecule has 2 bridgehead atoms. The number of allylic oxidation sites excluding steroid dienone is 2. The molecule has 5 aliphatic rings. The van der Waals surface area contributed by atoms with Crippen LogP contribution in [0.25, 0.3) is 0 Å². The van der Waals surface area contributed by atoms with E-state index in [9.17, 15) is 67.1 Å². The zero-order valence-corrected chi connectivity index (χ0v) is 71.9. The highest BCUT2D eigenvalue weighted by molar-refractivity contribution is 6.30. The van der Waals surface area contributed by atoms with E-state index in [0.29, 0.717) is 29.0 Å². The third-order valence-corrected chi connectivity index (χ3v) is 20.1. The number of ether oxygens (including phenoxy) is 10. The van der Waals surface area contributed by atoms with E-state index in [0.717, 1.165) is 95.5 Å². The summed E-state index contributed by atoms with van der Waals surface area (Å²) >= 11 is 0. The first-order valence-corrected chi connectivity index (χ1v) is 40.8. The van der Waals surface area contributed by atoms with Gasteiger partial charge in [0, 0.05) is 29.9 Å². The summed E-state index contributed by atoms with van der Waals surface area (Å²) in [5.41, 5.74) is 1.57. The molecule has 660 valence electrons. The highest BCUT2D eigenvalue weighted by atomic mass is 16.6. The lowest BCUT2D eigenvalue weighted by Crippen LogP contribution is -2.39. The second kappa shape index (κ2) is 58.4. The van der Waals surface area contributed by atoms with Crippen molar-refractivity contribution < 1.29 is 116 Å². The normalized spacial score (nSPS) is 16.3. The van der Waals surface area contributed by atoms with E-state index in [1.165, 1.54) is 32.6 Å². The number of rotatable bonds is 29. The molecule has 3 atom stereocenters. The van der Waals surface area contributed by atoms with E-state index in [2.05, 4.69) is 85.8 Å². The molecule has 5 aliphatic carbocycles. The van der Waals surface area contributed by atoms with Crippen molar-refractivity contribution in [2.45, 2.75) is 236 Å². The van der Waals surface area contributed by atoms with Crippen LogP contribution in [0.15, 0.2) is 206 Å². The number of esters is 10. The molecular formula is C97H128O24. The maximum absolute atomic E-state index is 12.0. The lowest BCUT2D eigenvalue weighted by molar-refractivity contribution is -0.157. The summed E-state index contributed by atoms with van der Waals surface area (Å²) in [6.45, 7) is 45.4. The predicted octanol–water partition coefficient (Wildman–Crippen LogP) is 18.1. The van der Waals surface area contributed by atoms with Gasteiger partial charge in [-0.2, -0.15) is 0 Å². The SMILES string of the molecule is C.C=C(C(=O)OC1CCCCC1)C(=O)OC1CCCCC1.C=C(C(=O)OCC)C(=O)OC1CC2CCC1(C)C2(C)C.C=C(C(=O)OCC)C(=O)OC1CCCCC1.C=C(C(=O)OCC)C(=O)OCC.C=C(C(=O)OCC)C(=O)OCCc1ccccc1.C=C(C(=O)c1ccccc1)C(=O)c1ccccc1.C=C(C(C)=O)C(=O)c1ccccc1.[2H]C(C)C. The van der Waals surface area contributed by atoms with Crippen LogP contribution in [0, 0.1) is 16.7 Å². The molecule has 9 rings (SSSR count). The molecule has 0 spiro atoms. The first-order valence-electron chi connectivity index (χ1n) is 41.4. The van der Waals surface area contributed by atoms with Crippen molar-refractivity contribution in [3.63, 3.8) is 0 Å². The maximum atomic E-state index is 12.0. The molecule has 0 amide bonds. The Morgan fingerprint density at radius 2 is 0.603 bits per heavy atom. The van der Waals surface area contributed by atoms with Crippen LogP contribution in [-0.2, 0) is 107 Å². The second-order valence-electron chi connectivity index (χ2n) is 29.0. The monoisotopic (exact) mass is 1680 g/mol. The number of carbonyl (C=O) groups excluding carboxylic acids is 14. The van der Waals surface area contributed by atoms with Crippen molar-refractivity contribution in [2.75, 3.05) is 39.6 Å². The number of benzene rings is 4. The molecular weight excluding hydrogens is 1550 g/mol. The third kappa shape index (κ3) is 37.7. The summed E-state index contributed by atoms with van der Waals surface area (Å²) < 4.78 is 56.1. The molecule has 0 aromatic heterocycles. The molecule has 0 aliphatic heterocycles. The van der Waals surface area contributed by atoms with Crippen LogP contribution in [0.2, 0.25) is 0 Å². The van der Waals surface area contributed by atoms with E-state index < -0.39 is 59.7 Å². The molecule has 0 N–H and O–H groups in total. The molecule has 5 fully saturated rings. The van der Waals surface area contributed by atoms with Gasteiger partial charge in [0.25, 0.3) is 0 Å². The van der Waals surface area contributed by atoms with Crippen LogP contribution in [0.3, 0.4) is 0 Å². The smallest absolute Gasteiger partial charge is 0.345 e. The summed E-state index contributed by atoms with van der Waals surface area (Å²) in [6.07, 6.45) is 18.8. The minimum Gasteiger partial charge on any atom is -0.462 e. The fourth-order valence-corrected chi connectivity index (χ4v) is 12.8. The summed E-state index contributed by atoms with van der Waals surface area (Å²) in [5, 5.41) is 0. The first-order chi connectivity index (χ1) is 57.4. The fourth-order valence-electron chi connectivity index (χ4n) is 12.8. The van der Waals surface area contributed by atoms with Gasteiger partial charge in [-0.15, -0.1) is 0 Å². The van der Waals surface area contributed by atoms with Crippen LogP contribution in [0.1, 0.15) is 244 Å². The molecule has 24 heteroatoms. The summed E-state index contributed by atoms with van der Waals surface area (Å²) in [6, 6.07) is 35.6. The zero-order chi connectivity index (χ0) is 90.8. The number of fused-ring (bicyclic) bond motifs is 2. The molecule has 4 aromatic rings. The van der Waals surface area contributed by atoms with Crippen LogP contribution >= 0.6 is 0 Å². The van der Waals surface area contributed by atoms with Crippen LogP contribution < -0.4 is 0 Å². The average molecular weight is 1680 g/mol. The number of carbonyl (C=O) groups is 14. The molecule has 0 radical (unpaired) electrons. The number of ketones is 4. The highest BCUT2D eigenvalue weighted by Crippen LogP contribution is 2.66. The van der Waals surface area contributed by atoms with E-state index in [-0.39, 0.29) is 151 Å². The Bertz CT molecular complexity index is 4050. The van der Waals surface area contributed by atoms with Gasteiger partial charge in [-0.25, -0.2) is 47.9 Å². The lowest BCUT2D eigenvalue weighted by Gasteiger charge is -2.38. The molecule has 0 heterocycles. The number of Topliss-reactive ketones (excluding diaryl/α,β-unsaturated/α-hetero) is 4. The second-order valence-corrected chi connectivity index (χ2v) is 29.0. The van der Waals surface area contributed by atoms with Gasteiger partial charge in [0.1, 0.15) is 52.3 Å². The maximum Gasteiger partial charge on any atom is 0.345 e. The van der Waals surface area contributed by atoms with Crippen molar-refractivity contribution in [1.29, 1.82) is 0 Å². The first kappa shape index (κ1) is 106. The van der Waals surface area contributed by atoms with Crippen molar-refractivity contribution in [1.82, 2.24) is 0 Å². The number of hydrogen-bond acceptors (Lipinski definition) is 24. The van der Waals surface area contributed by atoms with Crippen LogP contribution in [0.4, 0.5) is 0 Å². The molecule has 24 nitrogen and oxygen atoms in total. The van der Waals surface area contributed by atoms with E-state index in [1.807, 2.05) is 62.4 Å². The standard InChI is InChI=1S/2C16H24O4.C16H12O2.C14H16O4.C12H18O4.C11H10O2.C8H12O4.C3H8.CH4/c1-6-19-13(17)10(2)14(18)20-12-9-11-7-8-16(12,5)15(11,3)4;1-12(15(17)19-13-8-4-2-5-9-13)16(18)20-14-10-6-3-7-11-14;1-12(15(17)13-8-4-2-5-9-13)16(18)14-10-6-3-7-11-14;1-3-17-13(15)11(2)14(16)18-10-9-12-7-5-4-6-8-12;1-3-15-11(13)9(2)12(14)16-10-7-5-4-6-8-10;1-8(9(2)12)11(13)10-6-4-3-5-7-10;1-4-11-7(9)6(3)8(10)12-5-2;1-3-2;/h11-12H,2,6-9H2,1,3-5H3;13-14H,1-11H2;2-11H,1H2;4-8H,2-3,9-10H2,1H3;10H,2-8H2,1H3;3-7H,1H2,2H3;3-5H2,1-2H3;3H2,1-2H3;1H4/i;;;;;;;3D;. The Morgan fingerprint density at radius 3 is 0.868 bits per heavy atom. The summed E-state index contributed by atoms with van der Waals surface area (Å²) in [7, 11) is 0. The van der Waals surface area contributed by atoms with Gasteiger partial charge >= 0.3 is 59.7 Å². The fraction of sp³-hybridized carbons (Fsp3) is 0.464. The van der Waals surface area contributed by atoms with Crippen molar-refractivity contribution >= 4 is 82.8 Å². The Kier molecular flexibility index (Phi) is 50.9. The van der Waals surface area contributed by atoms with Crippen molar-refractivity contribution in [3.8, 4) is 0 Å². The summed E-state index contributed by atoms with van der Waals surface area (Å²) in [4.78, 5) is 161. The van der Waals surface area contributed by atoms with Crippen molar-refractivity contribution in [2.24, 2.45) is 16.7 Å². The molecule has 121 heavy (non-hydrogen) atoms. The Hall–Kier alpha value is -11.6. The molecule has 3 unspecified atom stereocenters. The molecule has 5 saturated carbocycles. The predicted molar refractivity (Wildman–Crippen MR) is 462 cm³/mol. The van der Waals surface area contributed by atoms with E-state index in [4.69, 9.17) is 29.8 Å². The molecule has 4 aromatic carbocycles. The van der Waals surface area contributed by atoms with Gasteiger partial charge in [0.05, 0.1) is 50.8 Å². The highest BCUT2D eigenvalue weighted by Gasteiger charge is 2.63. The lowest BCUT2D eigenvalue weighted by atomic mass is 9.70. The van der Waals surface area contributed by atoms with Gasteiger partial charge in [-0.05, 0) is 155 Å². The quantitative estimate of drug-likeness (QED) is 0.0122. The average Bonchev–Trinajstić information content (AvgIpc) is 1.56. The largest absolute Gasteiger partial charge is 0.462 e. The summed E-state index contributed by atoms with van der Waals surface area (Å²) in [5.74, 6) is -7.47. The number of hydrogen-bond donors (Lipinski definition) is 0. The van der Waals surface area contributed by atoms with Gasteiger partial charge in [-0.1, -0.05) is 235 Å². The minimum atomic E-state index is -0.734. The van der Waals surface area contributed by atoms with Gasteiger partial charge in [-0.3, -0.25) is 19.2 Å². The van der Waals surface area contributed by atoms with Gasteiger partial charge in [0.15, 0.2) is 23.1 Å².